The maximum Gasteiger partial charge on any atom is 0.163 e. The summed E-state index contributed by atoms with van der Waals surface area (Å²) in [6.07, 6.45) is 8.67. The van der Waals surface area contributed by atoms with Gasteiger partial charge in [-0.15, -0.1) is 0 Å². The minimum absolute atomic E-state index is 0.728. The summed E-state index contributed by atoms with van der Waals surface area (Å²) >= 11 is 0. The lowest BCUT2D eigenvalue weighted by molar-refractivity contribution is 0.668. The Bertz CT molecular complexity index is 2130. The van der Waals surface area contributed by atoms with Crippen LogP contribution in [0.15, 0.2) is 113 Å². The molecule has 0 aliphatic heterocycles. The summed E-state index contributed by atoms with van der Waals surface area (Å²) in [5, 5.41) is 0.951. The van der Waals surface area contributed by atoms with Crippen molar-refractivity contribution in [3.05, 3.63) is 104 Å². The number of benzene rings is 2. The highest BCUT2D eigenvalue weighted by atomic mass is 16.3. The van der Waals surface area contributed by atoms with Crippen LogP contribution in [0.5, 0.6) is 0 Å². The van der Waals surface area contributed by atoms with E-state index in [0.29, 0.717) is 0 Å². The van der Waals surface area contributed by atoms with Gasteiger partial charge in [-0.05, 0) is 59.7 Å². The molecule has 6 heterocycles. The first-order valence-electron chi connectivity index (χ1n) is 12.1. The number of hydrogen-bond donors (Lipinski definition) is 0. The molecule has 7 heteroatoms. The molecule has 6 aromatic heterocycles. The van der Waals surface area contributed by atoms with Crippen molar-refractivity contribution in [2.75, 3.05) is 0 Å². The fourth-order valence-electron chi connectivity index (χ4n) is 5.04. The maximum atomic E-state index is 6.31. The van der Waals surface area contributed by atoms with Crippen molar-refractivity contribution < 1.29 is 8.83 Å². The number of nitrogens with zero attached hydrogens (tertiary/aromatic N) is 5. The van der Waals surface area contributed by atoms with Gasteiger partial charge in [0.1, 0.15) is 28.5 Å². The maximum absolute atomic E-state index is 6.31. The summed E-state index contributed by atoms with van der Waals surface area (Å²) < 4.78 is 12.4. The molecule has 178 valence electrons. The van der Waals surface area contributed by atoms with E-state index in [9.17, 15) is 0 Å². The third kappa shape index (κ3) is 3.12. The molecule has 8 aromatic rings. The van der Waals surface area contributed by atoms with E-state index in [1.165, 1.54) is 0 Å². The molecule has 2 aromatic carbocycles. The number of aromatic nitrogens is 5. The SMILES string of the molecule is c1cnc2c(c1)oc1c(-c3ccc(-c4ccnc5c4oc4ccc(-c6ccncn6)cc45)cc3)ccnc12. The molecule has 0 fully saturated rings. The Labute approximate surface area is 215 Å². The molecule has 0 radical (unpaired) electrons. The van der Waals surface area contributed by atoms with Crippen LogP contribution in [0.2, 0.25) is 0 Å². The van der Waals surface area contributed by atoms with Gasteiger partial charge >= 0.3 is 0 Å². The topological polar surface area (TPSA) is 90.7 Å². The molecule has 0 bridgehead atoms. The number of fused-ring (bicyclic) bond motifs is 6. The zero-order chi connectivity index (χ0) is 25.1. The van der Waals surface area contributed by atoms with Gasteiger partial charge in [0.15, 0.2) is 16.7 Å². The van der Waals surface area contributed by atoms with Crippen LogP contribution in [-0.2, 0) is 0 Å². The highest BCUT2D eigenvalue weighted by Crippen LogP contribution is 2.38. The highest BCUT2D eigenvalue weighted by Gasteiger charge is 2.16. The predicted octanol–water partition coefficient (Wildman–Crippen LogP) is 7.46. The Hall–Kier alpha value is -5.43. The number of furan rings is 2. The van der Waals surface area contributed by atoms with Crippen molar-refractivity contribution in [2.24, 2.45) is 0 Å². The average Bonchev–Trinajstić information content (AvgIpc) is 3.56. The van der Waals surface area contributed by atoms with E-state index < -0.39 is 0 Å². The van der Waals surface area contributed by atoms with Gasteiger partial charge in [0, 0.05) is 46.9 Å². The third-order valence-corrected chi connectivity index (χ3v) is 6.85. The molecule has 7 nitrogen and oxygen atoms in total. The highest BCUT2D eigenvalue weighted by molar-refractivity contribution is 6.08. The van der Waals surface area contributed by atoms with E-state index in [4.69, 9.17) is 8.83 Å². The summed E-state index contributed by atoms with van der Waals surface area (Å²) in [4.78, 5) is 22.0. The molecule has 0 N–H and O–H groups in total. The monoisotopic (exact) mass is 491 g/mol. The van der Waals surface area contributed by atoms with Gasteiger partial charge in [0.05, 0.1) is 5.69 Å². The normalized spacial score (nSPS) is 11.7. The van der Waals surface area contributed by atoms with Gasteiger partial charge in [-0.1, -0.05) is 24.3 Å². The van der Waals surface area contributed by atoms with Gasteiger partial charge in [-0.25, -0.2) is 9.97 Å². The van der Waals surface area contributed by atoms with E-state index in [1.807, 2.05) is 48.7 Å². The number of hydrogen-bond acceptors (Lipinski definition) is 7. The summed E-state index contributed by atoms with van der Waals surface area (Å²) in [6.45, 7) is 0. The first-order valence-corrected chi connectivity index (χ1v) is 12.1. The first-order chi connectivity index (χ1) is 18.8. The molecule has 38 heavy (non-hydrogen) atoms. The van der Waals surface area contributed by atoms with E-state index in [1.54, 1.807) is 24.9 Å². The van der Waals surface area contributed by atoms with Crippen molar-refractivity contribution >= 4 is 44.3 Å². The molecular formula is C31H17N5O2. The van der Waals surface area contributed by atoms with Crippen molar-refractivity contribution in [1.82, 2.24) is 24.9 Å². The number of pyridine rings is 3. The van der Waals surface area contributed by atoms with Crippen LogP contribution < -0.4 is 0 Å². The third-order valence-electron chi connectivity index (χ3n) is 6.85. The van der Waals surface area contributed by atoms with Crippen molar-refractivity contribution in [1.29, 1.82) is 0 Å². The molecular weight excluding hydrogens is 474 g/mol. The first kappa shape index (κ1) is 20.7. The van der Waals surface area contributed by atoms with Crippen LogP contribution in [-0.4, -0.2) is 24.9 Å². The quantitative estimate of drug-likeness (QED) is 0.253. The van der Waals surface area contributed by atoms with E-state index in [2.05, 4.69) is 55.3 Å². The summed E-state index contributed by atoms with van der Waals surface area (Å²) in [6, 6.07) is 24.0. The smallest absolute Gasteiger partial charge is 0.163 e. The molecule has 0 atom stereocenters. The largest absolute Gasteiger partial charge is 0.454 e. The molecule has 0 saturated carbocycles. The second-order valence-corrected chi connectivity index (χ2v) is 9.01. The van der Waals surface area contributed by atoms with Crippen molar-refractivity contribution in [3.8, 4) is 33.5 Å². The molecule has 0 saturated heterocycles. The van der Waals surface area contributed by atoms with Crippen LogP contribution >= 0.6 is 0 Å². The van der Waals surface area contributed by atoms with Crippen LogP contribution in [0.4, 0.5) is 0 Å². The minimum Gasteiger partial charge on any atom is -0.454 e. The summed E-state index contributed by atoms with van der Waals surface area (Å²) in [5.41, 5.74) is 11.2. The fraction of sp³-hybridized carbons (Fsp3) is 0. The molecule has 0 unspecified atom stereocenters. The Morgan fingerprint density at radius 3 is 1.95 bits per heavy atom. The second-order valence-electron chi connectivity index (χ2n) is 9.01. The van der Waals surface area contributed by atoms with E-state index in [0.717, 1.165) is 77.8 Å². The van der Waals surface area contributed by atoms with Crippen LogP contribution in [0.25, 0.3) is 77.8 Å². The van der Waals surface area contributed by atoms with Gasteiger partial charge in [0.25, 0.3) is 0 Å². The molecule has 0 amide bonds. The zero-order valence-corrected chi connectivity index (χ0v) is 19.9. The lowest BCUT2D eigenvalue weighted by Crippen LogP contribution is -1.85. The molecule has 0 spiro atoms. The zero-order valence-electron chi connectivity index (χ0n) is 19.9. The molecule has 0 aliphatic carbocycles. The molecule has 0 aliphatic rings. The Kier molecular flexibility index (Phi) is 4.39. The fourth-order valence-corrected chi connectivity index (χ4v) is 5.04. The Morgan fingerprint density at radius 2 is 1.18 bits per heavy atom. The summed E-state index contributed by atoms with van der Waals surface area (Å²) in [7, 11) is 0. The Balaban J connectivity index is 1.23. The van der Waals surface area contributed by atoms with Gasteiger partial charge in [0.2, 0.25) is 0 Å². The average molecular weight is 492 g/mol. The van der Waals surface area contributed by atoms with Crippen LogP contribution in [0.1, 0.15) is 0 Å². The lowest BCUT2D eigenvalue weighted by Gasteiger charge is -2.06. The van der Waals surface area contributed by atoms with Crippen LogP contribution in [0, 0.1) is 0 Å². The van der Waals surface area contributed by atoms with Gasteiger partial charge in [-0.3, -0.25) is 15.0 Å². The Morgan fingerprint density at radius 1 is 0.500 bits per heavy atom. The van der Waals surface area contributed by atoms with E-state index >= 15 is 0 Å². The standard InChI is InChI=1S/C31H17N5O2/c1-2-26-28(33-12-1)29-31(38-26)22(10-15-35-29)19-5-3-18(4-6-19)21-9-14-34-27-23-16-20(24-11-13-32-17-36-24)7-8-25(23)37-30(21)27/h1-17H. The molecule has 8 rings (SSSR count). The van der Waals surface area contributed by atoms with Crippen LogP contribution in [0.3, 0.4) is 0 Å². The van der Waals surface area contributed by atoms with Crippen molar-refractivity contribution in [2.45, 2.75) is 0 Å². The second kappa shape index (κ2) is 8.04. The van der Waals surface area contributed by atoms with Gasteiger partial charge < -0.3 is 8.83 Å². The minimum atomic E-state index is 0.728. The van der Waals surface area contributed by atoms with Gasteiger partial charge in [-0.2, -0.15) is 0 Å². The predicted molar refractivity (Wildman–Crippen MR) is 146 cm³/mol. The van der Waals surface area contributed by atoms with Crippen molar-refractivity contribution in [3.63, 3.8) is 0 Å². The van der Waals surface area contributed by atoms with E-state index in [-0.39, 0.29) is 0 Å². The number of rotatable bonds is 3. The lowest BCUT2D eigenvalue weighted by atomic mass is 10.00. The summed E-state index contributed by atoms with van der Waals surface area (Å²) in [5.74, 6) is 0.